The van der Waals surface area contributed by atoms with Crippen LogP contribution in [0.3, 0.4) is 0 Å². The third kappa shape index (κ3) is 5.68. The van der Waals surface area contributed by atoms with E-state index in [0.29, 0.717) is 24.5 Å². The molecular formula is C26H29BrN2O5S. The maximum absolute atomic E-state index is 13.7. The van der Waals surface area contributed by atoms with Gasteiger partial charge in [-0.1, -0.05) is 27.6 Å². The molecule has 2 aliphatic rings. The largest absolute Gasteiger partial charge is 0.494 e. The Bertz CT molecular complexity index is 1210. The quantitative estimate of drug-likeness (QED) is 0.316. The van der Waals surface area contributed by atoms with Gasteiger partial charge in [-0.25, -0.2) is 13.3 Å². The van der Waals surface area contributed by atoms with Gasteiger partial charge in [-0.3, -0.25) is 9.59 Å². The summed E-state index contributed by atoms with van der Waals surface area (Å²) in [5.74, 6) is -0.318. The summed E-state index contributed by atoms with van der Waals surface area (Å²) in [4.78, 5) is 27.6. The summed E-state index contributed by atoms with van der Waals surface area (Å²) in [5.41, 5.74) is 1.61. The molecule has 1 aliphatic heterocycles. The van der Waals surface area contributed by atoms with Gasteiger partial charge in [0, 0.05) is 11.0 Å². The zero-order chi connectivity index (χ0) is 25.0. The fourth-order valence-corrected chi connectivity index (χ4v) is 6.39. The van der Waals surface area contributed by atoms with Crippen LogP contribution in [0, 0.1) is 0 Å². The van der Waals surface area contributed by atoms with Gasteiger partial charge >= 0.3 is 0 Å². The molecule has 35 heavy (non-hydrogen) atoms. The Morgan fingerprint density at radius 1 is 1.06 bits per heavy atom. The molecule has 2 aromatic carbocycles. The van der Waals surface area contributed by atoms with Crippen LogP contribution in [-0.4, -0.2) is 43.7 Å². The van der Waals surface area contributed by atoms with Crippen molar-refractivity contribution in [3.63, 3.8) is 0 Å². The third-order valence-corrected chi connectivity index (χ3v) is 8.79. The molecule has 4 rings (SSSR count). The fraction of sp³-hybridized carbons (Fsp3) is 0.385. The van der Waals surface area contributed by atoms with Crippen molar-refractivity contribution in [1.82, 2.24) is 4.31 Å². The van der Waals surface area contributed by atoms with Crippen LogP contribution in [0.25, 0.3) is 0 Å². The molecule has 1 fully saturated rings. The number of hydrogen-bond donors (Lipinski definition) is 0. The Labute approximate surface area is 214 Å². The predicted octanol–water partition coefficient (Wildman–Crippen LogP) is 5.06. The Balaban J connectivity index is 1.64. The average Bonchev–Trinajstić information content (AvgIpc) is 3.14. The van der Waals surface area contributed by atoms with Gasteiger partial charge in [-0.2, -0.15) is 4.31 Å². The first-order valence-electron chi connectivity index (χ1n) is 11.9. The minimum atomic E-state index is -4.01. The zero-order valence-corrected chi connectivity index (χ0v) is 22.1. The molecule has 7 nitrogen and oxygen atoms in total. The van der Waals surface area contributed by atoms with Gasteiger partial charge in [0.1, 0.15) is 11.8 Å². The molecule has 0 aromatic heterocycles. The molecule has 1 atom stereocenters. The SMILES string of the molecule is CCOc1ccc(N2C(=O)CC(N(CCC3=CCCCC3)S(=O)(=O)c3ccc(Br)cc3)C2=O)cc1. The molecule has 186 valence electrons. The number of rotatable bonds is 9. The number of hydrogen-bond acceptors (Lipinski definition) is 5. The van der Waals surface area contributed by atoms with Crippen LogP contribution in [-0.2, 0) is 19.6 Å². The standard InChI is InChI=1S/C26H29BrN2O5S/c1-2-34-22-12-10-21(11-13-22)29-25(30)18-24(26(29)31)28(17-16-19-6-4-3-5-7-19)35(32,33)23-14-8-20(27)9-15-23/h6,8-15,24H,2-5,7,16-18H2,1H3. The number of anilines is 1. The maximum atomic E-state index is 13.7. The van der Waals surface area contributed by atoms with Gasteiger partial charge in [-0.15, -0.1) is 0 Å². The molecule has 1 aliphatic carbocycles. The second-order valence-corrected chi connectivity index (χ2v) is 11.4. The molecule has 0 spiro atoms. The topological polar surface area (TPSA) is 84.0 Å². The van der Waals surface area contributed by atoms with Crippen LogP contribution in [0.4, 0.5) is 5.69 Å². The lowest BCUT2D eigenvalue weighted by atomic mass is 9.97. The maximum Gasteiger partial charge on any atom is 0.252 e. The van der Waals surface area contributed by atoms with Gasteiger partial charge in [0.05, 0.1) is 23.6 Å². The van der Waals surface area contributed by atoms with Crippen molar-refractivity contribution in [2.45, 2.75) is 56.4 Å². The van der Waals surface area contributed by atoms with Crippen LogP contribution in [0.5, 0.6) is 5.75 Å². The van der Waals surface area contributed by atoms with Crippen molar-refractivity contribution in [1.29, 1.82) is 0 Å². The van der Waals surface area contributed by atoms with Crippen LogP contribution >= 0.6 is 15.9 Å². The number of benzene rings is 2. The highest BCUT2D eigenvalue weighted by Crippen LogP contribution is 2.32. The number of nitrogens with zero attached hydrogens (tertiary/aromatic N) is 2. The van der Waals surface area contributed by atoms with E-state index in [2.05, 4.69) is 22.0 Å². The van der Waals surface area contributed by atoms with Gasteiger partial charge < -0.3 is 4.74 Å². The van der Waals surface area contributed by atoms with E-state index in [9.17, 15) is 18.0 Å². The molecular weight excluding hydrogens is 532 g/mol. The van der Waals surface area contributed by atoms with Crippen LogP contribution in [0.2, 0.25) is 0 Å². The minimum Gasteiger partial charge on any atom is -0.494 e. The Hall–Kier alpha value is -2.49. The van der Waals surface area contributed by atoms with E-state index in [1.807, 2.05) is 6.92 Å². The second-order valence-electron chi connectivity index (χ2n) is 8.64. The first-order chi connectivity index (χ1) is 16.8. The first kappa shape index (κ1) is 25.6. The number of imide groups is 1. The summed E-state index contributed by atoms with van der Waals surface area (Å²) in [6, 6.07) is 11.9. The summed E-state index contributed by atoms with van der Waals surface area (Å²) < 4.78 is 34.8. The first-order valence-corrected chi connectivity index (χ1v) is 14.1. The normalized spacial score (nSPS) is 18.8. The summed E-state index contributed by atoms with van der Waals surface area (Å²) in [5, 5.41) is 0. The second kappa shape index (κ2) is 11.1. The molecule has 1 heterocycles. The smallest absolute Gasteiger partial charge is 0.252 e. The minimum absolute atomic E-state index is 0.0955. The molecule has 0 N–H and O–H groups in total. The summed E-state index contributed by atoms with van der Waals surface area (Å²) >= 11 is 3.33. The summed E-state index contributed by atoms with van der Waals surface area (Å²) in [6.45, 7) is 2.52. The Morgan fingerprint density at radius 3 is 2.40 bits per heavy atom. The van der Waals surface area contributed by atoms with Crippen molar-refractivity contribution in [3.8, 4) is 5.75 Å². The van der Waals surface area contributed by atoms with E-state index in [-0.39, 0.29) is 17.9 Å². The van der Waals surface area contributed by atoms with Gasteiger partial charge in [0.2, 0.25) is 15.9 Å². The van der Waals surface area contributed by atoms with Gasteiger partial charge in [0.25, 0.3) is 5.91 Å². The predicted molar refractivity (Wildman–Crippen MR) is 138 cm³/mol. The van der Waals surface area contributed by atoms with Crippen molar-refractivity contribution in [2.75, 3.05) is 18.1 Å². The van der Waals surface area contributed by atoms with Crippen molar-refractivity contribution in [2.24, 2.45) is 0 Å². The highest BCUT2D eigenvalue weighted by Gasteiger charge is 2.46. The molecule has 2 aromatic rings. The van der Waals surface area contributed by atoms with E-state index in [4.69, 9.17) is 4.74 Å². The lowest BCUT2D eigenvalue weighted by Gasteiger charge is -2.28. The number of carbonyl (C=O) groups excluding carboxylic acids is 2. The highest BCUT2D eigenvalue weighted by molar-refractivity contribution is 9.10. The van der Waals surface area contributed by atoms with Crippen molar-refractivity contribution in [3.05, 3.63) is 64.7 Å². The number of halogens is 1. The molecule has 0 saturated carbocycles. The number of allylic oxidation sites excluding steroid dienone is 1. The molecule has 0 bridgehead atoms. The summed E-state index contributed by atoms with van der Waals surface area (Å²) in [6.07, 6.45) is 6.65. The molecule has 1 saturated heterocycles. The lowest BCUT2D eigenvalue weighted by Crippen LogP contribution is -2.46. The lowest BCUT2D eigenvalue weighted by molar-refractivity contribution is -0.122. The molecule has 9 heteroatoms. The number of amides is 2. The molecule has 1 unspecified atom stereocenters. The Kier molecular flexibility index (Phi) is 8.09. The number of sulfonamides is 1. The molecule has 0 radical (unpaired) electrons. The van der Waals surface area contributed by atoms with E-state index in [1.54, 1.807) is 36.4 Å². The van der Waals surface area contributed by atoms with Crippen LogP contribution < -0.4 is 9.64 Å². The van der Waals surface area contributed by atoms with Gasteiger partial charge in [-0.05, 0) is 87.6 Å². The number of ether oxygens (including phenoxy) is 1. The fourth-order valence-electron chi connectivity index (χ4n) is 4.54. The van der Waals surface area contributed by atoms with Gasteiger partial charge in [0.15, 0.2) is 0 Å². The van der Waals surface area contributed by atoms with E-state index in [1.165, 1.54) is 22.0 Å². The number of carbonyl (C=O) groups is 2. The van der Waals surface area contributed by atoms with E-state index in [0.717, 1.165) is 35.1 Å². The monoisotopic (exact) mass is 560 g/mol. The van der Waals surface area contributed by atoms with E-state index >= 15 is 0 Å². The average molecular weight is 561 g/mol. The summed E-state index contributed by atoms with van der Waals surface area (Å²) in [7, 11) is -4.01. The molecule has 2 amide bonds. The van der Waals surface area contributed by atoms with Crippen molar-refractivity contribution >= 4 is 43.5 Å². The zero-order valence-electron chi connectivity index (χ0n) is 19.7. The third-order valence-electron chi connectivity index (χ3n) is 6.33. The highest BCUT2D eigenvalue weighted by atomic mass is 79.9. The van der Waals surface area contributed by atoms with Crippen molar-refractivity contribution < 1.29 is 22.7 Å². The van der Waals surface area contributed by atoms with Crippen LogP contribution in [0.1, 0.15) is 45.4 Å². The Morgan fingerprint density at radius 2 is 1.77 bits per heavy atom. The van der Waals surface area contributed by atoms with E-state index < -0.39 is 27.9 Å². The van der Waals surface area contributed by atoms with Crippen LogP contribution in [0.15, 0.2) is 69.5 Å².